The van der Waals surface area contributed by atoms with Crippen LogP contribution in [0.3, 0.4) is 0 Å². The van der Waals surface area contributed by atoms with E-state index in [0.717, 1.165) is 18.9 Å². The molecule has 1 aliphatic rings. The molecule has 1 fully saturated rings. The van der Waals surface area contributed by atoms with E-state index in [0.29, 0.717) is 18.4 Å². The maximum absolute atomic E-state index is 12.5. The molecule has 0 bridgehead atoms. The van der Waals surface area contributed by atoms with Crippen LogP contribution < -0.4 is 0 Å². The molecule has 1 N–H and O–H groups in total. The first-order valence-electron chi connectivity index (χ1n) is 5.42. The lowest BCUT2D eigenvalue weighted by atomic mass is 9.91. The van der Waals surface area contributed by atoms with E-state index in [2.05, 4.69) is 0 Å². The van der Waals surface area contributed by atoms with E-state index in [4.69, 9.17) is 11.6 Å². The van der Waals surface area contributed by atoms with E-state index in [1.165, 1.54) is 12.1 Å². The summed E-state index contributed by atoms with van der Waals surface area (Å²) >= 11 is 5.62. The number of rotatable bonds is 1. The number of benzene rings is 1. The minimum Gasteiger partial charge on any atom is -0.385 e. The summed E-state index contributed by atoms with van der Waals surface area (Å²) in [5.41, 5.74) is -1.38. The predicted molar refractivity (Wildman–Crippen MR) is 58.8 cm³/mol. The Morgan fingerprint density at radius 1 is 1.18 bits per heavy atom. The second-order valence-electron chi connectivity index (χ2n) is 4.43. The first kappa shape index (κ1) is 12.7. The SMILES string of the molecule is OC1(c2ccc(C(F)(F)F)c(Cl)c2)CCCC1. The second kappa shape index (κ2) is 4.18. The highest BCUT2D eigenvalue weighted by Gasteiger charge is 2.36. The van der Waals surface area contributed by atoms with E-state index in [1.807, 2.05) is 0 Å². The fourth-order valence-corrected chi connectivity index (χ4v) is 2.57. The first-order valence-corrected chi connectivity index (χ1v) is 5.80. The maximum atomic E-state index is 12.5. The predicted octanol–water partition coefficient (Wildman–Crippen LogP) is 4.12. The van der Waals surface area contributed by atoms with Crippen LogP contribution in [0, 0.1) is 0 Å². The monoisotopic (exact) mass is 264 g/mol. The molecule has 0 aromatic heterocycles. The van der Waals surface area contributed by atoms with Crippen molar-refractivity contribution in [1.82, 2.24) is 0 Å². The third kappa shape index (κ3) is 2.43. The molecule has 5 heteroatoms. The van der Waals surface area contributed by atoms with E-state index < -0.39 is 17.3 Å². The Morgan fingerprint density at radius 3 is 2.24 bits per heavy atom. The first-order chi connectivity index (χ1) is 7.83. The van der Waals surface area contributed by atoms with Gasteiger partial charge in [0.1, 0.15) is 0 Å². The van der Waals surface area contributed by atoms with Gasteiger partial charge < -0.3 is 5.11 Å². The fraction of sp³-hybridized carbons (Fsp3) is 0.500. The van der Waals surface area contributed by atoms with Crippen molar-refractivity contribution < 1.29 is 18.3 Å². The number of hydrogen-bond donors (Lipinski definition) is 1. The van der Waals surface area contributed by atoms with Crippen molar-refractivity contribution in [2.45, 2.75) is 37.5 Å². The van der Waals surface area contributed by atoms with Crippen molar-refractivity contribution in [2.75, 3.05) is 0 Å². The third-order valence-corrected chi connectivity index (χ3v) is 3.56. The molecule has 0 amide bonds. The molecule has 1 aliphatic carbocycles. The number of halogens is 4. The second-order valence-corrected chi connectivity index (χ2v) is 4.84. The fourth-order valence-electron chi connectivity index (χ4n) is 2.28. The average Bonchev–Trinajstić information content (AvgIpc) is 2.64. The molecular formula is C12H12ClF3O. The van der Waals surface area contributed by atoms with Crippen LogP contribution in [-0.4, -0.2) is 5.11 Å². The zero-order valence-electron chi connectivity index (χ0n) is 9.02. The molecule has 0 spiro atoms. The Balaban J connectivity index is 2.37. The molecule has 1 aromatic carbocycles. The van der Waals surface area contributed by atoms with Gasteiger partial charge in [-0.2, -0.15) is 13.2 Å². The summed E-state index contributed by atoms with van der Waals surface area (Å²) in [5, 5.41) is 9.89. The van der Waals surface area contributed by atoms with Crippen LogP contribution in [0.5, 0.6) is 0 Å². The molecule has 94 valence electrons. The maximum Gasteiger partial charge on any atom is 0.417 e. The summed E-state index contributed by atoms with van der Waals surface area (Å²) in [4.78, 5) is 0. The van der Waals surface area contributed by atoms with Crippen molar-refractivity contribution >= 4 is 11.6 Å². The summed E-state index contributed by atoms with van der Waals surface area (Å²) in [7, 11) is 0. The summed E-state index contributed by atoms with van der Waals surface area (Å²) in [6, 6.07) is 3.49. The average molecular weight is 265 g/mol. The van der Waals surface area contributed by atoms with Crippen LogP contribution in [0.4, 0.5) is 13.2 Å². The highest BCUT2D eigenvalue weighted by Crippen LogP contribution is 2.42. The molecule has 17 heavy (non-hydrogen) atoms. The minimum absolute atomic E-state index is 0.352. The Morgan fingerprint density at radius 2 is 1.76 bits per heavy atom. The third-order valence-electron chi connectivity index (χ3n) is 3.24. The quantitative estimate of drug-likeness (QED) is 0.809. The molecule has 2 rings (SSSR count). The van der Waals surface area contributed by atoms with E-state index >= 15 is 0 Å². The van der Waals surface area contributed by atoms with E-state index in [9.17, 15) is 18.3 Å². The molecule has 0 aliphatic heterocycles. The highest BCUT2D eigenvalue weighted by molar-refractivity contribution is 6.31. The summed E-state index contributed by atoms with van der Waals surface area (Å²) < 4.78 is 37.5. The standard InChI is InChI=1S/C12H12ClF3O/c13-10-7-8(11(17)5-1-2-6-11)3-4-9(10)12(14,15)16/h3-4,7,17H,1-2,5-6H2. The minimum atomic E-state index is -4.45. The van der Waals surface area contributed by atoms with Gasteiger partial charge in [0, 0.05) is 0 Å². The molecule has 1 saturated carbocycles. The Labute approximate surface area is 102 Å². The molecule has 1 nitrogen and oxygen atoms in total. The summed E-state index contributed by atoms with van der Waals surface area (Å²) in [5.74, 6) is 0. The zero-order chi connectivity index (χ0) is 12.7. The van der Waals surface area contributed by atoms with Crippen molar-refractivity contribution in [2.24, 2.45) is 0 Å². The molecule has 0 unspecified atom stereocenters. The van der Waals surface area contributed by atoms with Gasteiger partial charge in [0.2, 0.25) is 0 Å². The molecular weight excluding hydrogens is 253 g/mol. The summed E-state index contributed by atoms with van der Waals surface area (Å²) in [6.45, 7) is 0. The Bertz CT molecular complexity index is 422. The van der Waals surface area contributed by atoms with Gasteiger partial charge in [0.25, 0.3) is 0 Å². The van der Waals surface area contributed by atoms with Crippen LogP contribution in [0.25, 0.3) is 0 Å². The number of hydrogen-bond acceptors (Lipinski definition) is 1. The van der Waals surface area contributed by atoms with Gasteiger partial charge in [-0.25, -0.2) is 0 Å². The van der Waals surface area contributed by atoms with E-state index in [-0.39, 0.29) is 5.02 Å². The van der Waals surface area contributed by atoms with Crippen LogP contribution in [0.1, 0.15) is 36.8 Å². The summed E-state index contributed by atoms with van der Waals surface area (Å²) in [6.07, 6.45) is -1.53. The highest BCUT2D eigenvalue weighted by atomic mass is 35.5. The Hall–Kier alpha value is -0.740. The molecule has 0 saturated heterocycles. The van der Waals surface area contributed by atoms with Gasteiger partial charge in [-0.1, -0.05) is 30.5 Å². The normalized spacial score (nSPS) is 19.6. The van der Waals surface area contributed by atoms with Crippen molar-refractivity contribution in [3.8, 4) is 0 Å². The smallest absolute Gasteiger partial charge is 0.385 e. The number of aliphatic hydroxyl groups is 1. The van der Waals surface area contributed by atoms with Crippen molar-refractivity contribution in [3.05, 3.63) is 34.3 Å². The van der Waals surface area contributed by atoms with Gasteiger partial charge in [-0.3, -0.25) is 0 Å². The largest absolute Gasteiger partial charge is 0.417 e. The molecule has 0 radical (unpaired) electrons. The van der Waals surface area contributed by atoms with Gasteiger partial charge in [0.15, 0.2) is 0 Å². The van der Waals surface area contributed by atoms with Crippen molar-refractivity contribution in [3.63, 3.8) is 0 Å². The molecule has 0 atom stereocenters. The lowest BCUT2D eigenvalue weighted by Gasteiger charge is -2.23. The number of alkyl halides is 3. The molecule has 0 heterocycles. The van der Waals surface area contributed by atoms with Crippen LogP contribution in [0.15, 0.2) is 18.2 Å². The molecule has 1 aromatic rings. The topological polar surface area (TPSA) is 20.2 Å². The zero-order valence-corrected chi connectivity index (χ0v) is 9.78. The van der Waals surface area contributed by atoms with Crippen LogP contribution in [0.2, 0.25) is 5.02 Å². The van der Waals surface area contributed by atoms with E-state index in [1.54, 1.807) is 0 Å². The van der Waals surface area contributed by atoms with Crippen LogP contribution in [-0.2, 0) is 11.8 Å². The van der Waals surface area contributed by atoms with Gasteiger partial charge >= 0.3 is 6.18 Å². The van der Waals surface area contributed by atoms with Gasteiger partial charge in [0.05, 0.1) is 16.2 Å². The van der Waals surface area contributed by atoms with Gasteiger partial charge in [-0.15, -0.1) is 0 Å². The van der Waals surface area contributed by atoms with Crippen LogP contribution >= 0.6 is 11.6 Å². The Kier molecular flexibility index (Phi) is 3.12. The lowest BCUT2D eigenvalue weighted by Crippen LogP contribution is -2.21. The van der Waals surface area contributed by atoms with Gasteiger partial charge in [-0.05, 0) is 30.5 Å². The van der Waals surface area contributed by atoms with Crippen molar-refractivity contribution in [1.29, 1.82) is 0 Å². The lowest BCUT2D eigenvalue weighted by molar-refractivity contribution is -0.137.